The van der Waals surface area contributed by atoms with Crippen molar-refractivity contribution in [2.24, 2.45) is 5.16 Å². The number of hydrogen-bond donors (Lipinski definition) is 3. The molecule has 1 saturated heterocycles. The van der Waals surface area contributed by atoms with Gasteiger partial charge in [0.2, 0.25) is 5.91 Å². The third-order valence-electron chi connectivity index (χ3n) is 3.63. The number of oxime groups is 1. The number of nitrogens with one attached hydrogen (secondary N) is 2. The van der Waals surface area contributed by atoms with Crippen LogP contribution in [0.3, 0.4) is 0 Å². The van der Waals surface area contributed by atoms with Crippen LogP contribution in [0, 0.1) is 0 Å². The Labute approximate surface area is 212 Å². The molecule has 1 aliphatic rings. The van der Waals surface area contributed by atoms with Gasteiger partial charge in [-0.2, -0.15) is 12.7 Å². The van der Waals surface area contributed by atoms with Gasteiger partial charge in [0.15, 0.2) is 16.9 Å². The van der Waals surface area contributed by atoms with Gasteiger partial charge in [-0.3, -0.25) is 18.9 Å². The molecule has 0 aliphatic carbocycles. The van der Waals surface area contributed by atoms with Crippen LogP contribution in [-0.2, 0) is 39.1 Å². The van der Waals surface area contributed by atoms with Crippen molar-refractivity contribution in [1.82, 2.24) is 14.6 Å². The van der Waals surface area contributed by atoms with Gasteiger partial charge in [0.25, 0.3) is 11.8 Å². The van der Waals surface area contributed by atoms with Crippen molar-refractivity contribution in [2.45, 2.75) is 19.0 Å². The molecular weight excluding hydrogens is 505 g/mol. The van der Waals surface area contributed by atoms with Gasteiger partial charge >= 0.3 is 45.8 Å². The van der Waals surface area contributed by atoms with Crippen molar-refractivity contribution >= 4 is 97.3 Å². The van der Waals surface area contributed by atoms with Gasteiger partial charge in [-0.25, -0.2) is 9.78 Å². The summed E-state index contributed by atoms with van der Waals surface area (Å²) in [6.45, 7) is 1.30. The number of β-lactam (4-membered cyclic amide) rings is 1. The Balaban J connectivity index is 0.00000512. The maximum absolute atomic E-state index is 12.7. The minimum absolute atomic E-state index is 0. The molecule has 14 nitrogen and oxygen atoms in total. The van der Waals surface area contributed by atoms with Crippen LogP contribution in [0.1, 0.15) is 12.6 Å². The predicted molar refractivity (Wildman–Crippen MR) is 113 cm³/mol. The Hall–Kier alpha value is -1.82. The maximum atomic E-state index is 12.7. The van der Waals surface area contributed by atoms with Gasteiger partial charge in [0.1, 0.15) is 24.7 Å². The van der Waals surface area contributed by atoms with Crippen LogP contribution in [-0.4, -0.2) is 113 Å². The van der Waals surface area contributed by atoms with Crippen molar-refractivity contribution in [3.05, 3.63) is 11.1 Å². The molecule has 0 aromatic carbocycles. The number of carbonyl (C=O) groups excluding carboxylic acids is 4. The van der Waals surface area contributed by atoms with E-state index in [0.29, 0.717) is 0 Å². The number of nitrogens with zero attached hydrogens (tertiary/aromatic N) is 3. The van der Waals surface area contributed by atoms with Crippen LogP contribution in [0.4, 0.5) is 5.13 Å². The fraction of sp³-hybridized carbons (Fsp3) is 0.429. The van der Waals surface area contributed by atoms with Crippen LogP contribution < -0.4 is 10.6 Å². The fourth-order valence-electron chi connectivity index (χ4n) is 2.42. The first-order chi connectivity index (χ1) is 14.5. The molecule has 0 spiro atoms. The van der Waals surface area contributed by atoms with E-state index in [9.17, 15) is 32.1 Å². The second kappa shape index (κ2) is 11.9. The van der Waals surface area contributed by atoms with Gasteiger partial charge in [0.05, 0.1) is 6.61 Å². The van der Waals surface area contributed by atoms with Crippen molar-refractivity contribution in [3.63, 3.8) is 0 Å². The Morgan fingerprint density at radius 2 is 2.06 bits per heavy atom. The molecule has 1 aromatic heterocycles. The van der Waals surface area contributed by atoms with Crippen molar-refractivity contribution in [2.75, 3.05) is 24.9 Å². The summed E-state index contributed by atoms with van der Waals surface area (Å²) in [4.78, 5) is 56.8. The standard InChI is InChI=1S/C14H16ClN5O9S2.Na.H/c1-3-29-13(24)10-9(12(23)20(10)31(25,26)27)18-11(22)8(19-28-2)6-5-30-14(16-6)17-7(21)4-15;;/h5,9-10H,3-4H2,1-2H3,(H,18,22)(H,16,17,21)(H,25,26,27);;/b19-8-;;. The second-order valence-corrected chi connectivity index (χ2v) is 8.02. The second-order valence-electron chi connectivity index (χ2n) is 5.60. The van der Waals surface area contributed by atoms with Gasteiger partial charge in [-0.1, -0.05) is 5.16 Å². The van der Waals surface area contributed by atoms with Crippen LogP contribution >= 0.6 is 22.9 Å². The Morgan fingerprint density at radius 1 is 1.41 bits per heavy atom. The van der Waals surface area contributed by atoms with E-state index in [4.69, 9.17) is 16.3 Å². The van der Waals surface area contributed by atoms with Crippen LogP contribution in [0.2, 0.25) is 0 Å². The fourth-order valence-corrected chi connectivity index (χ4v) is 4.03. The normalized spacial score (nSPS) is 18.2. The average molecular weight is 522 g/mol. The first-order valence-corrected chi connectivity index (χ1v) is 11.1. The van der Waals surface area contributed by atoms with Crippen molar-refractivity contribution < 1.29 is 41.7 Å². The third-order valence-corrected chi connectivity index (χ3v) is 5.53. The molecule has 2 rings (SSSR count). The Kier molecular flexibility index (Phi) is 10.5. The summed E-state index contributed by atoms with van der Waals surface area (Å²) >= 11 is 6.33. The van der Waals surface area contributed by atoms with E-state index in [2.05, 4.69) is 25.6 Å². The molecule has 32 heavy (non-hydrogen) atoms. The zero-order valence-corrected chi connectivity index (χ0v) is 18.3. The number of alkyl halides is 1. The molecule has 172 valence electrons. The number of esters is 1. The molecule has 3 amide bonds. The molecule has 2 atom stereocenters. The van der Waals surface area contributed by atoms with Crippen LogP contribution in [0.5, 0.6) is 0 Å². The number of halogens is 1. The van der Waals surface area contributed by atoms with E-state index in [1.54, 1.807) is 0 Å². The van der Waals surface area contributed by atoms with Gasteiger partial charge < -0.3 is 20.2 Å². The van der Waals surface area contributed by atoms with E-state index in [-0.39, 0.29) is 57.2 Å². The summed E-state index contributed by atoms with van der Waals surface area (Å²) < 4.78 is 36.6. The number of thiazole rings is 1. The number of rotatable bonds is 9. The SMILES string of the molecule is CCOC(=O)C1C(NC(=O)/C(=N\OC)c2csc(NC(=O)CCl)n2)C(=O)N1S(=O)(=O)O.[NaH]. The third kappa shape index (κ3) is 6.37. The number of carbonyl (C=O) groups is 4. The van der Waals surface area contributed by atoms with Gasteiger partial charge in [-0.05, 0) is 6.92 Å². The topological polar surface area (TPSA) is 194 Å². The van der Waals surface area contributed by atoms with E-state index in [1.165, 1.54) is 12.3 Å². The molecule has 0 radical (unpaired) electrons. The zero-order chi connectivity index (χ0) is 23.3. The number of ether oxygens (including phenoxy) is 1. The van der Waals surface area contributed by atoms with Gasteiger partial charge in [-0.15, -0.1) is 22.9 Å². The minimum atomic E-state index is -5.07. The molecule has 3 N–H and O–H groups in total. The van der Waals surface area contributed by atoms with Crippen LogP contribution in [0.25, 0.3) is 0 Å². The average Bonchev–Trinajstić information content (AvgIpc) is 3.14. The monoisotopic (exact) mass is 521 g/mol. The van der Waals surface area contributed by atoms with E-state index < -0.39 is 51.8 Å². The number of amides is 3. The molecule has 0 saturated carbocycles. The summed E-state index contributed by atoms with van der Waals surface area (Å²) in [6.07, 6.45) is 0. The van der Waals surface area contributed by atoms with E-state index in [0.717, 1.165) is 18.4 Å². The predicted octanol–water partition coefficient (Wildman–Crippen LogP) is -1.92. The summed E-state index contributed by atoms with van der Waals surface area (Å²) in [5, 5.41) is 9.47. The molecular formula is C14H17ClN5NaO9S2. The summed E-state index contributed by atoms with van der Waals surface area (Å²) in [6, 6.07) is -3.48. The first kappa shape index (κ1) is 28.2. The molecule has 18 heteroatoms. The quantitative estimate of drug-likeness (QED) is 0.0627. The Morgan fingerprint density at radius 3 is 2.59 bits per heavy atom. The van der Waals surface area contributed by atoms with Crippen molar-refractivity contribution in [1.29, 1.82) is 0 Å². The molecule has 0 bridgehead atoms. The Bertz CT molecular complexity index is 1030. The zero-order valence-electron chi connectivity index (χ0n) is 15.9. The summed E-state index contributed by atoms with van der Waals surface area (Å²) in [7, 11) is -3.94. The van der Waals surface area contributed by atoms with E-state index in [1.807, 2.05) is 0 Å². The summed E-state index contributed by atoms with van der Waals surface area (Å²) in [5.41, 5.74) is -0.494. The number of anilines is 1. The van der Waals surface area contributed by atoms with Crippen LogP contribution in [0.15, 0.2) is 10.5 Å². The van der Waals surface area contributed by atoms with E-state index >= 15 is 0 Å². The molecule has 1 aromatic rings. The first-order valence-electron chi connectivity index (χ1n) is 8.26. The number of aromatic nitrogens is 1. The molecule has 2 heterocycles. The molecule has 2 unspecified atom stereocenters. The molecule has 1 fully saturated rings. The number of hydrogen-bond acceptors (Lipinski definition) is 11. The van der Waals surface area contributed by atoms with Crippen molar-refractivity contribution in [3.8, 4) is 0 Å². The van der Waals surface area contributed by atoms with Gasteiger partial charge in [0, 0.05) is 5.38 Å². The summed E-state index contributed by atoms with van der Waals surface area (Å²) in [5.74, 6) is -4.34. The molecule has 1 aliphatic heterocycles.